The zero-order valence-corrected chi connectivity index (χ0v) is 8.26. The molecule has 0 aliphatic carbocycles. The molecule has 1 fully saturated rings. The fourth-order valence-electron chi connectivity index (χ4n) is 1.86. The Bertz CT molecular complexity index is 274. The lowest BCUT2D eigenvalue weighted by atomic mass is 10.0. The van der Waals surface area contributed by atoms with Crippen molar-refractivity contribution in [3.63, 3.8) is 0 Å². The molecule has 1 aliphatic rings. The van der Waals surface area contributed by atoms with Crippen LogP contribution in [0.15, 0.2) is 10.9 Å². The minimum absolute atomic E-state index is 0.217. The molecule has 2 atom stereocenters. The summed E-state index contributed by atoms with van der Waals surface area (Å²) in [5.74, 6) is 1.11. The number of likely N-dealkylation sites (tertiary alicyclic amines) is 1. The Kier molecular flexibility index (Phi) is 2.79. The van der Waals surface area contributed by atoms with Gasteiger partial charge in [0.15, 0.2) is 5.82 Å². The van der Waals surface area contributed by atoms with Crippen LogP contribution >= 0.6 is 0 Å². The van der Waals surface area contributed by atoms with Crippen LogP contribution in [0.2, 0.25) is 0 Å². The van der Waals surface area contributed by atoms with Crippen molar-refractivity contribution in [1.29, 1.82) is 0 Å². The van der Waals surface area contributed by atoms with Crippen LogP contribution in [0.4, 0.5) is 0 Å². The van der Waals surface area contributed by atoms with Gasteiger partial charge >= 0.3 is 0 Å². The molecule has 2 rings (SSSR count). The minimum atomic E-state index is -0.217. The van der Waals surface area contributed by atoms with Gasteiger partial charge in [-0.05, 0) is 25.8 Å². The summed E-state index contributed by atoms with van der Waals surface area (Å²) in [6, 6.07) is 0. The van der Waals surface area contributed by atoms with Gasteiger partial charge < -0.3 is 9.63 Å². The summed E-state index contributed by atoms with van der Waals surface area (Å²) in [5, 5.41) is 13.2. The Balaban J connectivity index is 1.84. The first-order valence-corrected chi connectivity index (χ1v) is 4.91. The van der Waals surface area contributed by atoms with Gasteiger partial charge in [0.05, 0.1) is 12.6 Å². The molecule has 0 spiro atoms. The Morgan fingerprint density at radius 2 is 2.64 bits per heavy atom. The van der Waals surface area contributed by atoms with Gasteiger partial charge in [-0.3, -0.25) is 4.90 Å². The summed E-state index contributed by atoms with van der Waals surface area (Å²) < 4.78 is 4.66. The summed E-state index contributed by atoms with van der Waals surface area (Å²) in [6.07, 6.45) is 2.18. The Hall–Kier alpha value is -0.940. The highest BCUT2D eigenvalue weighted by Crippen LogP contribution is 2.20. The van der Waals surface area contributed by atoms with Gasteiger partial charge in [0.2, 0.25) is 6.39 Å². The van der Waals surface area contributed by atoms with Crippen molar-refractivity contribution in [1.82, 2.24) is 15.0 Å². The average molecular weight is 197 g/mol. The smallest absolute Gasteiger partial charge is 0.213 e. The van der Waals surface area contributed by atoms with E-state index in [1.165, 1.54) is 6.39 Å². The monoisotopic (exact) mass is 197 g/mol. The highest BCUT2D eigenvalue weighted by Gasteiger charge is 2.26. The van der Waals surface area contributed by atoms with Crippen molar-refractivity contribution in [3.05, 3.63) is 12.2 Å². The van der Waals surface area contributed by atoms with Crippen LogP contribution in [-0.2, 0) is 6.54 Å². The van der Waals surface area contributed by atoms with E-state index < -0.39 is 0 Å². The van der Waals surface area contributed by atoms with Gasteiger partial charge in [0, 0.05) is 6.54 Å². The van der Waals surface area contributed by atoms with Crippen LogP contribution in [-0.4, -0.2) is 39.3 Å². The summed E-state index contributed by atoms with van der Waals surface area (Å²) >= 11 is 0. The highest BCUT2D eigenvalue weighted by atomic mass is 16.5. The Morgan fingerprint density at radius 1 is 1.79 bits per heavy atom. The predicted octanol–water partition coefficient (Wildman–Crippen LogP) is 0.272. The molecule has 1 N–H and O–H groups in total. The first-order valence-electron chi connectivity index (χ1n) is 4.91. The van der Waals surface area contributed by atoms with Crippen LogP contribution < -0.4 is 0 Å². The van der Waals surface area contributed by atoms with Crippen molar-refractivity contribution in [2.45, 2.75) is 26.0 Å². The third kappa shape index (κ3) is 2.10. The van der Waals surface area contributed by atoms with E-state index in [0.29, 0.717) is 5.92 Å². The fourth-order valence-corrected chi connectivity index (χ4v) is 1.86. The second-order valence-corrected chi connectivity index (χ2v) is 3.87. The standard InChI is InChI=1S/C9H15N3O2/c1-7(13)8-2-3-12(4-8)5-9-10-6-14-11-9/h6-8,13H,2-5H2,1H3. The number of hydrogen-bond donors (Lipinski definition) is 1. The molecule has 2 unspecified atom stereocenters. The number of aliphatic hydroxyl groups is 1. The van der Waals surface area contributed by atoms with E-state index in [9.17, 15) is 5.11 Å². The Morgan fingerprint density at radius 3 is 3.21 bits per heavy atom. The lowest BCUT2D eigenvalue weighted by Gasteiger charge is -2.15. The van der Waals surface area contributed by atoms with E-state index in [-0.39, 0.29) is 6.10 Å². The van der Waals surface area contributed by atoms with Gasteiger partial charge in [-0.15, -0.1) is 0 Å². The van der Waals surface area contributed by atoms with Crippen molar-refractivity contribution >= 4 is 0 Å². The molecule has 1 saturated heterocycles. The summed E-state index contributed by atoms with van der Waals surface area (Å²) in [6.45, 7) is 4.50. The molecule has 0 radical (unpaired) electrons. The molecule has 2 heterocycles. The molecule has 14 heavy (non-hydrogen) atoms. The van der Waals surface area contributed by atoms with E-state index in [1.807, 2.05) is 6.92 Å². The van der Waals surface area contributed by atoms with Crippen LogP contribution in [0.1, 0.15) is 19.2 Å². The third-order valence-electron chi connectivity index (χ3n) is 2.76. The topological polar surface area (TPSA) is 62.4 Å². The molecule has 5 nitrogen and oxygen atoms in total. The maximum atomic E-state index is 9.42. The molecule has 0 saturated carbocycles. The van der Waals surface area contributed by atoms with Crippen molar-refractivity contribution in [2.75, 3.05) is 13.1 Å². The lowest BCUT2D eigenvalue weighted by molar-refractivity contribution is 0.127. The minimum Gasteiger partial charge on any atom is -0.393 e. The van der Waals surface area contributed by atoms with Gasteiger partial charge in [-0.25, -0.2) is 0 Å². The van der Waals surface area contributed by atoms with E-state index in [4.69, 9.17) is 0 Å². The van der Waals surface area contributed by atoms with Crippen LogP contribution in [0.3, 0.4) is 0 Å². The van der Waals surface area contributed by atoms with E-state index in [1.54, 1.807) is 0 Å². The first-order chi connectivity index (χ1) is 6.75. The van der Waals surface area contributed by atoms with Crippen LogP contribution in [0.5, 0.6) is 0 Å². The zero-order valence-electron chi connectivity index (χ0n) is 8.26. The molecule has 0 bridgehead atoms. The molecule has 0 amide bonds. The molecule has 1 aliphatic heterocycles. The third-order valence-corrected chi connectivity index (χ3v) is 2.76. The quantitative estimate of drug-likeness (QED) is 0.753. The van der Waals surface area contributed by atoms with Crippen molar-refractivity contribution in [3.8, 4) is 0 Å². The molecule has 1 aromatic heterocycles. The van der Waals surface area contributed by atoms with E-state index in [2.05, 4.69) is 19.6 Å². The maximum absolute atomic E-state index is 9.42. The molecular formula is C9H15N3O2. The normalized spacial score (nSPS) is 25.4. The number of nitrogens with zero attached hydrogens (tertiary/aromatic N) is 3. The first kappa shape index (κ1) is 9.61. The van der Waals surface area contributed by atoms with Crippen molar-refractivity contribution in [2.24, 2.45) is 5.92 Å². The fraction of sp³-hybridized carbons (Fsp3) is 0.778. The largest absolute Gasteiger partial charge is 0.393 e. The summed E-state index contributed by atoms with van der Waals surface area (Å²) in [7, 11) is 0. The molecule has 0 aromatic carbocycles. The zero-order chi connectivity index (χ0) is 9.97. The van der Waals surface area contributed by atoms with E-state index >= 15 is 0 Å². The van der Waals surface area contributed by atoms with Gasteiger partial charge in [-0.1, -0.05) is 5.16 Å². The lowest BCUT2D eigenvalue weighted by Crippen LogP contribution is -2.24. The second kappa shape index (κ2) is 4.06. The summed E-state index contributed by atoms with van der Waals surface area (Å²) in [5.41, 5.74) is 0. The number of aromatic nitrogens is 2. The average Bonchev–Trinajstić information content (AvgIpc) is 2.75. The Labute approximate surface area is 82.7 Å². The highest BCUT2D eigenvalue weighted by molar-refractivity contribution is 4.84. The predicted molar refractivity (Wildman–Crippen MR) is 49.4 cm³/mol. The van der Waals surface area contributed by atoms with Crippen LogP contribution in [0.25, 0.3) is 0 Å². The molecule has 78 valence electrons. The number of aliphatic hydroxyl groups excluding tert-OH is 1. The second-order valence-electron chi connectivity index (χ2n) is 3.87. The van der Waals surface area contributed by atoms with Gasteiger partial charge in [0.1, 0.15) is 0 Å². The number of hydrogen-bond acceptors (Lipinski definition) is 5. The van der Waals surface area contributed by atoms with Crippen LogP contribution in [0, 0.1) is 5.92 Å². The van der Waals surface area contributed by atoms with Gasteiger partial charge in [0.25, 0.3) is 0 Å². The number of rotatable bonds is 3. The molecule has 1 aromatic rings. The van der Waals surface area contributed by atoms with Crippen molar-refractivity contribution < 1.29 is 9.63 Å². The SMILES string of the molecule is CC(O)C1CCN(Cc2ncon2)C1. The summed E-state index contributed by atoms with van der Waals surface area (Å²) in [4.78, 5) is 6.21. The molecular weight excluding hydrogens is 182 g/mol. The van der Waals surface area contributed by atoms with E-state index in [0.717, 1.165) is 31.9 Å². The maximum Gasteiger partial charge on any atom is 0.213 e. The van der Waals surface area contributed by atoms with Gasteiger partial charge in [-0.2, -0.15) is 4.98 Å². The molecule has 5 heteroatoms.